The van der Waals surface area contributed by atoms with E-state index in [4.69, 9.17) is 14.7 Å². The highest BCUT2D eigenvalue weighted by atomic mass is 16.5. The lowest BCUT2D eigenvalue weighted by molar-refractivity contribution is 0.307. The Morgan fingerprint density at radius 2 is 1.39 bits per heavy atom. The fourth-order valence-corrected chi connectivity index (χ4v) is 4.34. The van der Waals surface area contributed by atoms with E-state index in [9.17, 15) is 0 Å². The predicted molar refractivity (Wildman–Crippen MR) is 127 cm³/mol. The van der Waals surface area contributed by atoms with Crippen molar-refractivity contribution in [1.82, 2.24) is 14.5 Å². The molecule has 0 aliphatic carbocycles. The van der Waals surface area contributed by atoms with Gasteiger partial charge in [0.05, 0.1) is 23.2 Å². The molecule has 0 aliphatic rings. The SMILES string of the molecule is c1ccc2c(OCCCn3c4ccccc4c4nc5ccccc5nc43)cccc2c1. The monoisotopic (exact) mass is 403 g/mol. The normalized spacial score (nSPS) is 11.6. The van der Waals surface area contributed by atoms with Crippen LogP contribution in [-0.2, 0) is 6.54 Å². The van der Waals surface area contributed by atoms with Crippen LogP contribution in [0.25, 0.3) is 43.9 Å². The summed E-state index contributed by atoms with van der Waals surface area (Å²) in [5.74, 6) is 0.936. The van der Waals surface area contributed by atoms with E-state index in [2.05, 4.69) is 59.2 Å². The molecule has 6 aromatic rings. The third-order valence-electron chi connectivity index (χ3n) is 5.79. The average Bonchev–Trinajstić information content (AvgIpc) is 3.13. The predicted octanol–water partition coefficient (Wildman–Crippen LogP) is 6.36. The van der Waals surface area contributed by atoms with Crippen molar-refractivity contribution in [3.8, 4) is 5.75 Å². The maximum Gasteiger partial charge on any atom is 0.160 e. The van der Waals surface area contributed by atoms with Crippen molar-refractivity contribution >= 4 is 43.9 Å². The molecular formula is C27H21N3O. The van der Waals surface area contributed by atoms with Crippen molar-refractivity contribution < 1.29 is 4.74 Å². The number of fused-ring (bicyclic) bond motifs is 5. The lowest BCUT2D eigenvalue weighted by Gasteiger charge is -2.11. The minimum absolute atomic E-state index is 0.642. The summed E-state index contributed by atoms with van der Waals surface area (Å²) < 4.78 is 8.44. The second-order valence-electron chi connectivity index (χ2n) is 7.73. The number of rotatable bonds is 5. The third kappa shape index (κ3) is 3.08. The Kier molecular flexibility index (Phi) is 4.27. The van der Waals surface area contributed by atoms with Gasteiger partial charge in [0.2, 0.25) is 0 Å². The van der Waals surface area contributed by atoms with Crippen molar-refractivity contribution in [2.24, 2.45) is 0 Å². The number of nitrogens with zero attached hydrogens (tertiary/aromatic N) is 3. The summed E-state index contributed by atoms with van der Waals surface area (Å²) in [6.45, 7) is 1.46. The number of hydrogen-bond donors (Lipinski definition) is 0. The molecule has 31 heavy (non-hydrogen) atoms. The third-order valence-corrected chi connectivity index (χ3v) is 5.79. The van der Waals surface area contributed by atoms with Crippen LogP contribution in [0.2, 0.25) is 0 Å². The van der Waals surface area contributed by atoms with Crippen molar-refractivity contribution in [3.05, 3.63) is 91.0 Å². The molecule has 150 valence electrons. The minimum Gasteiger partial charge on any atom is -0.493 e. The first-order valence-electron chi connectivity index (χ1n) is 10.6. The van der Waals surface area contributed by atoms with Gasteiger partial charge in [-0.05, 0) is 36.1 Å². The van der Waals surface area contributed by atoms with Gasteiger partial charge in [0.15, 0.2) is 5.65 Å². The highest BCUT2D eigenvalue weighted by Gasteiger charge is 2.14. The van der Waals surface area contributed by atoms with Gasteiger partial charge in [0, 0.05) is 17.3 Å². The smallest absolute Gasteiger partial charge is 0.160 e. The number of aromatic nitrogens is 3. The molecule has 0 saturated carbocycles. The van der Waals surface area contributed by atoms with Crippen molar-refractivity contribution in [2.45, 2.75) is 13.0 Å². The van der Waals surface area contributed by atoms with Gasteiger partial charge in [-0.25, -0.2) is 9.97 Å². The molecule has 0 spiro atoms. The molecule has 0 unspecified atom stereocenters. The number of aryl methyl sites for hydroxylation is 1. The lowest BCUT2D eigenvalue weighted by atomic mass is 10.1. The zero-order chi connectivity index (χ0) is 20.6. The largest absolute Gasteiger partial charge is 0.493 e. The highest BCUT2D eigenvalue weighted by Crippen LogP contribution is 2.29. The van der Waals surface area contributed by atoms with Crippen molar-refractivity contribution in [3.63, 3.8) is 0 Å². The lowest BCUT2D eigenvalue weighted by Crippen LogP contribution is -2.05. The molecule has 0 saturated heterocycles. The molecule has 2 aromatic heterocycles. The number of benzene rings is 4. The number of ether oxygens (including phenoxy) is 1. The van der Waals surface area contributed by atoms with Gasteiger partial charge in [0.25, 0.3) is 0 Å². The Morgan fingerprint density at radius 1 is 0.677 bits per heavy atom. The molecule has 0 atom stereocenters. The summed E-state index contributed by atoms with van der Waals surface area (Å²) in [5, 5.41) is 3.49. The van der Waals surface area contributed by atoms with E-state index in [1.165, 1.54) is 5.39 Å². The average molecular weight is 403 g/mol. The standard InChI is InChI=1S/C27H21N3O/c1-2-11-20-19(9-1)10-7-16-25(20)31-18-8-17-30-24-15-6-3-12-21(24)26-27(30)29-23-14-5-4-13-22(23)28-26/h1-7,9-16H,8,17-18H2. The summed E-state index contributed by atoms with van der Waals surface area (Å²) >= 11 is 0. The van der Waals surface area contributed by atoms with E-state index in [1.807, 2.05) is 36.4 Å². The number of hydrogen-bond acceptors (Lipinski definition) is 3. The first kappa shape index (κ1) is 17.9. The summed E-state index contributed by atoms with van der Waals surface area (Å²) in [5.41, 5.74) is 4.91. The Morgan fingerprint density at radius 3 is 2.29 bits per heavy atom. The molecule has 0 N–H and O–H groups in total. The summed E-state index contributed by atoms with van der Waals surface area (Å²) in [6, 6.07) is 31.0. The van der Waals surface area contributed by atoms with Gasteiger partial charge in [-0.1, -0.05) is 66.7 Å². The fraction of sp³-hybridized carbons (Fsp3) is 0.111. The maximum atomic E-state index is 6.16. The zero-order valence-electron chi connectivity index (χ0n) is 17.0. The van der Waals surface area contributed by atoms with Gasteiger partial charge in [-0.15, -0.1) is 0 Å². The molecule has 2 heterocycles. The summed E-state index contributed by atoms with van der Waals surface area (Å²) in [7, 11) is 0. The van der Waals surface area contributed by atoms with Gasteiger partial charge >= 0.3 is 0 Å². The van der Waals surface area contributed by atoms with Crippen LogP contribution < -0.4 is 4.74 Å². The molecule has 0 amide bonds. The molecule has 0 bridgehead atoms. The minimum atomic E-state index is 0.642. The maximum absolute atomic E-state index is 6.16. The molecule has 6 rings (SSSR count). The van der Waals surface area contributed by atoms with E-state index in [0.29, 0.717) is 6.61 Å². The van der Waals surface area contributed by atoms with Crippen LogP contribution in [0.5, 0.6) is 5.75 Å². The Labute approximate surface area is 179 Å². The van der Waals surface area contributed by atoms with Crippen molar-refractivity contribution in [1.29, 1.82) is 0 Å². The van der Waals surface area contributed by atoms with Crippen LogP contribution in [0.1, 0.15) is 6.42 Å². The molecule has 4 aromatic carbocycles. The van der Waals surface area contributed by atoms with E-state index in [-0.39, 0.29) is 0 Å². The Balaban J connectivity index is 1.31. The van der Waals surface area contributed by atoms with Crippen LogP contribution in [0, 0.1) is 0 Å². The Hall–Kier alpha value is -3.92. The van der Waals surface area contributed by atoms with Gasteiger partial charge in [-0.3, -0.25) is 0 Å². The highest BCUT2D eigenvalue weighted by molar-refractivity contribution is 6.06. The van der Waals surface area contributed by atoms with Gasteiger partial charge < -0.3 is 9.30 Å². The first-order valence-corrected chi connectivity index (χ1v) is 10.6. The van der Waals surface area contributed by atoms with Gasteiger partial charge in [0.1, 0.15) is 11.3 Å². The zero-order valence-corrected chi connectivity index (χ0v) is 17.0. The van der Waals surface area contributed by atoms with Crippen molar-refractivity contribution in [2.75, 3.05) is 6.61 Å². The van der Waals surface area contributed by atoms with E-state index >= 15 is 0 Å². The van der Waals surface area contributed by atoms with Crippen LogP contribution in [-0.4, -0.2) is 21.1 Å². The first-order chi connectivity index (χ1) is 15.4. The number of para-hydroxylation sites is 3. The topological polar surface area (TPSA) is 39.9 Å². The second kappa shape index (κ2) is 7.40. The molecule has 4 heteroatoms. The quantitative estimate of drug-likeness (QED) is 0.314. The Bertz CT molecular complexity index is 1550. The molecule has 4 nitrogen and oxygen atoms in total. The fourth-order valence-electron chi connectivity index (χ4n) is 4.34. The molecular weight excluding hydrogens is 382 g/mol. The van der Waals surface area contributed by atoms with E-state index in [1.54, 1.807) is 0 Å². The van der Waals surface area contributed by atoms with E-state index in [0.717, 1.165) is 57.2 Å². The second-order valence-corrected chi connectivity index (χ2v) is 7.73. The van der Waals surface area contributed by atoms with Crippen LogP contribution in [0.4, 0.5) is 0 Å². The van der Waals surface area contributed by atoms with Crippen LogP contribution in [0.3, 0.4) is 0 Å². The summed E-state index contributed by atoms with van der Waals surface area (Å²) in [6.07, 6.45) is 0.880. The van der Waals surface area contributed by atoms with Gasteiger partial charge in [-0.2, -0.15) is 0 Å². The van der Waals surface area contributed by atoms with Crippen LogP contribution in [0.15, 0.2) is 91.0 Å². The molecule has 0 aliphatic heterocycles. The van der Waals surface area contributed by atoms with Crippen LogP contribution >= 0.6 is 0 Å². The molecule has 0 radical (unpaired) electrons. The summed E-state index contributed by atoms with van der Waals surface area (Å²) in [4.78, 5) is 9.87. The molecule has 0 fully saturated rings. The van der Waals surface area contributed by atoms with E-state index < -0.39 is 0 Å².